The molecule has 2 aromatic carbocycles. The number of nitrogens with two attached hydrogens (primary N) is 1. The van der Waals surface area contributed by atoms with Crippen LogP contribution in [-0.2, 0) is 0 Å². The van der Waals surface area contributed by atoms with E-state index in [4.69, 9.17) is 10.8 Å². The molecule has 1 unspecified atom stereocenters. The fourth-order valence-corrected chi connectivity index (χ4v) is 1.92. The molecule has 0 aliphatic heterocycles. The topological polar surface area (TPSA) is 66.5 Å². The smallest absolute Gasteiger partial charge is 0.123 e. The molecule has 2 rings (SSSR count). The van der Waals surface area contributed by atoms with Crippen LogP contribution in [0.25, 0.3) is 10.8 Å². The number of benzene rings is 2. The SMILES string of the molecule is NC(CCO)c1ccc(O)c2ccccc12. The van der Waals surface area contributed by atoms with E-state index in [0.717, 1.165) is 16.3 Å². The molecule has 3 heteroatoms. The zero-order chi connectivity index (χ0) is 11.5. The first kappa shape index (κ1) is 10.9. The molecule has 0 saturated carbocycles. The average Bonchev–Trinajstić information content (AvgIpc) is 2.30. The molecule has 84 valence electrons. The first-order valence-corrected chi connectivity index (χ1v) is 5.31. The van der Waals surface area contributed by atoms with Crippen molar-refractivity contribution < 1.29 is 10.2 Å². The standard InChI is InChI=1S/C13H15NO2/c14-12(7-8-15)10-5-6-13(16)11-4-2-1-3-9(10)11/h1-6,12,15-16H,7-8,14H2. The largest absolute Gasteiger partial charge is 0.507 e. The number of hydrogen-bond acceptors (Lipinski definition) is 3. The third-order valence-corrected chi connectivity index (χ3v) is 2.77. The molecule has 2 aromatic rings. The maximum absolute atomic E-state index is 9.72. The second kappa shape index (κ2) is 4.51. The van der Waals surface area contributed by atoms with Gasteiger partial charge in [0.1, 0.15) is 5.75 Å². The number of fused-ring (bicyclic) bond motifs is 1. The van der Waals surface area contributed by atoms with Crippen molar-refractivity contribution in [2.45, 2.75) is 12.5 Å². The molecule has 3 nitrogen and oxygen atoms in total. The van der Waals surface area contributed by atoms with E-state index in [1.807, 2.05) is 30.3 Å². The summed E-state index contributed by atoms with van der Waals surface area (Å²) < 4.78 is 0. The first-order valence-electron chi connectivity index (χ1n) is 5.31. The van der Waals surface area contributed by atoms with E-state index in [0.29, 0.717) is 6.42 Å². The Morgan fingerprint density at radius 1 is 1.06 bits per heavy atom. The number of aliphatic hydroxyl groups excluding tert-OH is 1. The molecule has 4 N–H and O–H groups in total. The highest BCUT2D eigenvalue weighted by atomic mass is 16.3. The van der Waals surface area contributed by atoms with Gasteiger partial charge in [0.2, 0.25) is 0 Å². The number of aromatic hydroxyl groups is 1. The highest BCUT2D eigenvalue weighted by Gasteiger charge is 2.10. The van der Waals surface area contributed by atoms with E-state index in [1.54, 1.807) is 6.07 Å². The first-order chi connectivity index (χ1) is 7.74. The fraction of sp³-hybridized carbons (Fsp3) is 0.231. The highest BCUT2D eigenvalue weighted by molar-refractivity contribution is 5.91. The van der Waals surface area contributed by atoms with Crippen LogP contribution in [0.3, 0.4) is 0 Å². The number of phenols is 1. The highest BCUT2D eigenvalue weighted by Crippen LogP contribution is 2.30. The molecule has 0 fully saturated rings. The maximum Gasteiger partial charge on any atom is 0.123 e. The second-order valence-corrected chi connectivity index (χ2v) is 3.84. The van der Waals surface area contributed by atoms with Crippen molar-refractivity contribution >= 4 is 10.8 Å². The Hall–Kier alpha value is -1.58. The van der Waals surface area contributed by atoms with Crippen LogP contribution in [0.4, 0.5) is 0 Å². The van der Waals surface area contributed by atoms with Crippen LogP contribution >= 0.6 is 0 Å². The molecule has 0 radical (unpaired) electrons. The van der Waals surface area contributed by atoms with Crippen LogP contribution in [0.2, 0.25) is 0 Å². The maximum atomic E-state index is 9.72. The summed E-state index contributed by atoms with van der Waals surface area (Å²) in [7, 11) is 0. The fourth-order valence-electron chi connectivity index (χ4n) is 1.92. The lowest BCUT2D eigenvalue weighted by atomic mass is 9.97. The Labute approximate surface area is 94.1 Å². The summed E-state index contributed by atoms with van der Waals surface area (Å²) in [5.74, 6) is 0.260. The second-order valence-electron chi connectivity index (χ2n) is 3.84. The van der Waals surface area contributed by atoms with Crippen molar-refractivity contribution in [1.29, 1.82) is 0 Å². The zero-order valence-electron chi connectivity index (χ0n) is 8.93. The Bertz CT molecular complexity index is 496. The molecule has 0 amide bonds. The third kappa shape index (κ3) is 1.87. The molecule has 0 heterocycles. The summed E-state index contributed by atoms with van der Waals surface area (Å²) in [5, 5.41) is 20.4. The van der Waals surface area contributed by atoms with Crippen molar-refractivity contribution in [2.24, 2.45) is 5.73 Å². The van der Waals surface area contributed by atoms with Gasteiger partial charge in [-0.15, -0.1) is 0 Å². The van der Waals surface area contributed by atoms with Gasteiger partial charge in [-0.2, -0.15) is 0 Å². The normalized spacial score (nSPS) is 12.9. The van der Waals surface area contributed by atoms with E-state index in [2.05, 4.69) is 0 Å². The predicted octanol–water partition coefficient (Wildman–Crippen LogP) is 1.93. The van der Waals surface area contributed by atoms with Crippen LogP contribution in [0.5, 0.6) is 5.75 Å². The number of phenolic OH excluding ortho intramolecular Hbond substituents is 1. The van der Waals surface area contributed by atoms with Gasteiger partial charge in [-0.3, -0.25) is 0 Å². The Kier molecular flexibility index (Phi) is 3.08. The van der Waals surface area contributed by atoms with E-state index in [-0.39, 0.29) is 18.4 Å². The van der Waals surface area contributed by atoms with Gasteiger partial charge < -0.3 is 15.9 Å². The minimum atomic E-state index is -0.199. The van der Waals surface area contributed by atoms with E-state index in [9.17, 15) is 5.11 Å². The monoisotopic (exact) mass is 217 g/mol. The number of hydrogen-bond donors (Lipinski definition) is 3. The molecule has 1 atom stereocenters. The van der Waals surface area contributed by atoms with Gasteiger partial charge in [0.05, 0.1) is 0 Å². The van der Waals surface area contributed by atoms with Gasteiger partial charge in [-0.1, -0.05) is 30.3 Å². The summed E-state index contributed by atoms with van der Waals surface area (Å²) >= 11 is 0. The zero-order valence-corrected chi connectivity index (χ0v) is 8.93. The van der Waals surface area contributed by atoms with Crippen molar-refractivity contribution in [1.82, 2.24) is 0 Å². The van der Waals surface area contributed by atoms with Crippen LogP contribution in [0.1, 0.15) is 18.0 Å². The van der Waals surface area contributed by atoms with E-state index in [1.165, 1.54) is 0 Å². The van der Waals surface area contributed by atoms with Crippen LogP contribution in [-0.4, -0.2) is 16.8 Å². The van der Waals surface area contributed by atoms with Gasteiger partial charge in [0.25, 0.3) is 0 Å². The van der Waals surface area contributed by atoms with Crippen molar-refractivity contribution in [3.8, 4) is 5.75 Å². The Morgan fingerprint density at radius 2 is 1.75 bits per heavy atom. The van der Waals surface area contributed by atoms with Gasteiger partial charge in [-0.25, -0.2) is 0 Å². The van der Waals surface area contributed by atoms with Crippen LogP contribution < -0.4 is 5.73 Å². The summed E-state index contributed by atoms with van der Waals surface area (Å²) in [6.07, 6.45) is 0.523. The van der Waals surface area contributed by atoms with E-state index < -0.39 is 0 Å². The predicted molar refractivity (Wildman–Crippen MR) is 64.2 cm³/mol. The molecule has 0 aliphatic rings. The lowest BCUT2D eigenvalue weighted by molar-refractivity contribution is 0.277. The molecule has 0 bridgehead atoms. The molecule has 0 aromatic heterocycles. The minimum absolute atomic E-state index is 0.0658. The molecule has 16 heavy (non-hydrogen) atoms. The summed E-state index contributed by atoms with van der Waals surface area (Å²) in [4.78, 5) is 0. The van der Waals surface area contributed by atoms with E-state index >= 15 is 0 Å². The van der Waals surface area contributed by atoms with Crippen molar-refractivity contribution in [3.05, 3.63) is 42.0 Å². The van der Waals surface area contributed by atoms with Gasteiger partial charge in [0, 0.05) is 18.0 Å². The quantitative estimate of drug-likeness (QED) is 0.736. The number of rotatable bonds is 3. The van der Waals surface area contributed by atoms with Crippen LogP contribution in [0, 0.1) is 0 Å². The summed E-state index contributed by atoms with van der Waals surface area (Å²) in [6, 6.07) is 10.9. The Morgan fingerprint density at radius 3 is 2.44 bits per heavy atom. The average molecular weight is 217 g/mol. The third-order valence-electron chi connectivity index (χ3n) is 2.77. The molecule has 0 spiro atoms. The molecular formula is C13H15NO2. The lowest BCUT2D eigenvalue weighted by Gasteiger charge is -2.14. The van der Waals surface area contributed by atoms with Gasteiger partial charge >= 0.3 is 0 Å². The Balaban J connectivity index is 2.58. The van der Waals surface area contributed by atoms with Crippen LogP contribution in [0.15, 0.2) is 36.4 Å². The van der Waals surface area contributed by atoms with Gasteiger partial charge in [-0.05, 0) is 23.4 Å². The van der Waals surface area contributed by atoms with Crippen molar-refractivity contribution in [3.63, 3.8) is 0 Å². The summed E-state index contributed by atoms with van der Waals surface area (Å²) in [5.41, 5.74) is 6.94. The van der Waals surface area contributed by atoms with Crippen molar-refractivity contribution in [2.75, 3.05) is 6.61 Å². The minimum Gasteiger partial charge on any atom is -0.507 e. The lowest BCUT2D eigenvalue weighted by Crippen LogP contribution is -2.12. The van der Waals surface area contributed by atoms with Gasteiger partial charge in [0.15, 0.2) is 0 Å². The number of aliphatic hydroxyl groups is 1. The summed E-state index contributed by atoms with van der Waals surface area (Å²) in [6.45, 7) is 0.0658. The molecular weight excluding hydrogens is 202 g/mol. The molecule has 0 aliphatic carbocycles. The molecule has 0 saturated heterocycles.